The van der Waals surface area contributed by atoms with Crippen LogP contribution >= 0.6 is 0 Å². The second-order valence-electron chi connectivity index (χ2n) is 9.52. The lowest BCUT2D eigenvalue weighted by Gasteiger charge is -2.28. The van der Waals surface area contributed by atoms with Crippen LogP contribution in [0.5, 0.6) is 11.5 Å². The summed E-state index contributed by atoms with van der Waals surface area (Å²) in [5.74, 6) is 6.58. The number of rotatable bonds is 11. The molecule has 1 fully saturated rings. The van der Waals surface area contributed by atoms with Crippen LogP contribution in [0.3, 0.4) is 0 Å². The molecule has 200 valence electrons. The monoisotopic (exact) mass is 528 g/mol. The summed E-state index contributed by atoms with van der Waals surface area (Å²) in [6, 6.07) is 11.1. The zero-order chi connectivity index (χ0) is 26.6. The first-order valence-corrected chi connectivity index (χ1v) is 14.1. The molecule has 1 unspecified atom stereocenters. The van der Waals surface area contributed by atoms with E-state index < -0.39 is 17.4 Å². The minimum Gasteiger partial charge on any atom is -0.598 e. The Hall–Kier alpha value is -2.73. The highest BCUT2D eigenvalue weighted by Crippen LogP contribution is 2.28. The molecule has 2 N–H and O–H groups in total. The van der Waals surface area contributed by atoms with Crippen LogP contribution in [0, 0.1) is 23.6 Å². The second-order valence-corrected chi connectivity index (χ2v) is 11.0. The highest BCUT2D eigenvalue weighted by Gasteiger charge is 2.32. The Bertz CT molecular complexity index is 1060. The average molecular weight is 529 g/mol. The van der Waals surface area contributed by atoms with Gasteiger partial charge in [-0.15, -0.1) is 4.72 Å². The lowest BCUT2D eigenvalue weighted by atomic mass is 10.0. The molecule has 3 rings (SSSR count). The minimum atomic E-state index is -1.21. The van der Waals surface area contributed by atoms with Gasteiger partial charge in [-0.05, 0) is 80.0 Å². The Morgan fingerprint density at radius 3 is 2.54 bits per heavy atom. The lowest BCUT2D eigenvalue weighted by Crippen LogP contribution is -2.52. The standard InChI is InChI=1S/C29H37FN2O4S/c1-21(2)28(32-37(34)25-9-5-4-6-10-25)29(33)31-18-17-23-13-16-26(27(20-23)35-3)36-19-7-8-22-11-14-24(30)15-12-22/h11-16,20-21,25,28,32H,4-6,9-10,17-19H2,1-3H3,(H,31,33)/t28-,37?/m0/s1. The maximum absolute atomic E-state index is 13.0. The van der Waals surface area contributed by atoms with Gasteiger partial charge in [-0.2, -0.15) is 0 Å². The predicted molar refractivity (Wildman–Crippen MR) is 145 cm³/mol. The van der Waals surface area contributed by atoms with Crippen molar-refractivity contribution >= 4 is 17.3 Å². The first kappa shape index (κ1) is 28.8. The predicted octanol–water partition coefficient (Wildman–Crippen LogP) is 4.53. The molecule has 1 saturated carbocycles. The van der Waals surface area contributed by atoms with E-state index in [2.05, 4.69) is 21.9 Å². The van der Waals surface area contributed by atoms with Crippen molar-refractivity contribution in [2.45, 2.75) is 63.7 Å². The van der Waals surface area contributed by atoms with Crippen molar-refractivity contribution in [1.29, 1.82) is 0 Å². The molecule has 0 radical (unpaired) electrons. The van der Waals surface area contributed by atoms with Crippen molar-refractivity contribution < 1.29 is 23.2 Å². The topological polar surface area (TPSA) is 82.7 Å². The van der Waals surface area contributed by atoms with Gasteiger partial charge in [-0.25, -0.2) is 4.39 Å². The summed E-state index contributed by atoms with van der Waals surface area (Å²) < 4.78 is 40.0. The Balaban J connectivity index is 1.48. The SMILES string of the molecule is COc1cc(CCNC(=O)[C@@H](N[S+]([O-])C2CCCCC2)C(C)C)ccc1OCC#Cc1ccc(F)cc1. The molecule has 37 heavy (non-hydrogen) atoms. The number of ether oxygens (including phenoxy) is 2. The maximum atomic E-state index is 13.0. The van der Waals surface area contributed by atoms with Crippen LogP contribution in [0.25, 0.3) is 0 Å². The van der Waals surface area contributed by atoms with Crippen LogP contribution < -0.4 is 19.5 Å². The summed E-state index contributed by atoms with van der Waals surface area (Å²) in [6.45, 7) is 4.53. The fourth-order valence-corrected chi connectivity index (χ4v) is 5.79. The molecule has 2 aromatic rings. The highest BCUT2D eigenvalue weighted by molar-refractivity contribution is 7.90. The van der Waals surface area contributed by atoms with Gasteiger partial charge in [0.1, 0.15) is 23.7 Å². The second kappa shape index (κ2) is 14.9. The van der Waals surface area contributed by atoms with Crippen LogP contribution in [-0.4, -0.2) is 42.0 Å². The van der Waals surface area contributed by atoms with Gasteiger partial charge in [0, 0.05) is 23.5 Å². The molecule has 6 nitrogen and oxygen atoms in total. The van der Waals surface area contributed by atoms with Crippen molar-refractivity contribution in [3.8, 4) is 23.3 Å². The van der Waals surface area contributed by atoms with E-state index >= 15 is 0 Å². The Kier molecular flexibility index (Phi) is 11.6. The number of benzene rings is 2. The fourth-order valence-electron chi connectivity index (χ4n) is 4.20. The number of amides is 1. The van der Waals surface area contributed by atoms with Gasteiger partial charge in [0.25, 0.3) is 0 Å². The summed E-state index contributed by atoms with van der Waals surface area (Å²) in [7, 11) is 1.57. The van der Waals surface area contributed by atoms with Gasteiger partial charge < -0.3 is 19.3 Å². The highest BCUT2D eigenvalue weighted by atomic mass is 32.2. The summed E-state index contributed by atoms with van der Waals surface area (Å²) in [5.41, 5.74) is 1.70. The molecule has 0 saturated heterocycles. The number of halogens is 1. The van der Waals surface area contributed by atoms with Crippen molar-refractivity contribution in [3.05, 3.63) is 59.4 Å². The molecule has 0 bridgehead atoms. The number of hydrogen-bond donors (Lipinski definition) is 2. The average Bonchev–Trinajstić information content (AvgIpc) is 2.91. The molecule has 2 aromatic carbocycles. The van der Waals surface area contributed by atoms with E-state index in [0.29, 0.717) is 30.0 Å². The van der Waals surface area contributed by atoms with E-state index in [9.17, 15) is 13.7 Å². The third-order valence-corrected chi connectivity index (χ3v) is 7.93. The molecule has 8 heteroatoms. The van der Waals surface area contributed by atoms with Gasteiger partial charge in [0.2, 0.25) is 5.91 Å². The van der Waals surface area contributed by atoms with E-state index in [1.807, 2.05) is 32.0 Å². The van der Waals surface area contributed by atoms with Gasteiger partial charge in [-0.1, -0.05) is 38.2 Å². The number of hydrogen-bond acceptors (Lipinski definition) is 5. The summed E-state index contributed by atoms with van der Waals surface area (Å²) in [5, 5.41) is 3.11. The zero-order valence-corrected chi connectivity index (χ0v) is 22.7. The summed E-state index contributed by atoms with van der Waals surface area (Å²) >= 11 is -1.21. The van der Waals surface area contributed by atoms with E-state index in [4.69, 9.17) is 9.47 Å². The van der Waals surface area contributed by atoms with Crippen molar-refractivity contribution in [2.75, 3.05) is 20.3 Å². The lowest BCUT2D eigenvalue weighted by molar-refractivity contribution is -0.123. The molecule has 0 aromatic heterocycles. The first-order valence-electron chi connectivity index (χ1n) is 12.9. The molecule has 2 atom stereocenters. The molecule has 0 heterocycles. The molecule has 0 spiro atoms. The van der Waals surface area contributed by atoms with E-state index in [1.54, 1.807) is 19.2 Å². The fraction of sp³-hybridized carbons (Fsp3) is 0.483. The van der Waals surface area contributed by atoms with Crippen LogP contribution in [0.15, 0.2) is 42.5 Å². The molecular weight excluding hydrogens is 491 g/mol. The Labute approximate surface area is 223 Å². The Morgan fingerprint density at radius 1 is 1.14 bits per heavy atom. The third kappa shape index (κ3) is 9.26. The normalized spacial score (nSPS) is 15.4. The number of nitrogens with one attached hydrogen (secondary N) is 2. The number of methoxy groups -OCH3 is 1. The van der Waals surface area contributed by atoms with Crippen molar-refractivity contribution in [3.63, 3.8) is 0 Å². The quantitative estimate of drug-likeness (QED) is 0.331. The molecule has 1 amide bonds. The first-order chi connectivity index (χ1) is 17.9. The third-order valence-electron chi connectivity index (χ3n) is 6.36. The molecule has 1 aliphatic carbocycles. The molecule has 0 aliphatic heterocycles. The van der Waals surface area contributed by atoms with Gasteiger partial charge in [0.05, 0.1) is 7.11 Å². The Morgan fingerprint density at radius 2 is 1.86 bits per heavy atom. The largest absolute Gasteiger partial charge is 0.598 e. The minimum absolute atomic E-state index is 0.0234. The maximum Gasteiger partial charge on any atom is 0.241 e. The van der Waals surface area contributed by atoms with Crippen molar-refractivity contribution in [2.24, 2.45) is 5.92 Å². The van der Waals surface area contributed by atoms with Crippen LogP contribution in [0.1, 0.15) is 57.1 Å². The van der Waals surface area contributed by atoms with E-state index in [1.165, 1.54) is 18.6 Å². The van der Waals surface area contributed by atoms with E-state index in [-0.39, 0.29) is 29.5 Å². The van der Waals surface area contributed by atoms with Crippen molar-refractivity contribution in [1.82, 2.24) is 10.0 Å². The number of carbonyl (C=O) groups excluding carboxylic acids is 1. The molecule has 1 aliphatic rings. The van der Waals surface area contributed by atoms with Crippen LogP contribution in [0.4, 0.5) is 4.39 Å². The van der Waals surface area contributed by atoms with Crippen LogP contribution in [0.2, 0.25) is 0 Å². The van der Waals surface area contributed by atoms with Gasteiger partial charge >= 0.3 is 0 Å². The van der Waals surface area contributed by atoms with Gasteiger partial charge in [-0.3, -0.25) is 4.79 Å². The zero-order valence-electron chi connectivity index (χ0n) is 21.8. The molecular formula is C29H37FN2O4S. The van der Waals surface area contributed by atoms with Gasteiger partial charge in [0.15, 0.2) is 11.5 Å². The van der Waals surface area contributed by atoms with Crippen LogP contribution in [-0.2, 0) is 22.6 Å². The number of carbonyl (C=O) groups is 1. The van der Waals surface area contributed by atoms with E-state index in [0.717, 1.165) is 31.2 Å². The summed E-state index contributed by atoms with van der Waals surface area (Å²) in [6.07, 6.45) is 5.93. The summed E-state index contributed by atoms with van der Waals surface area (Å²) in [4.78, 5) is 12.9. The smallest absolute Gasteiger partial charge is 0.241 e.